The summed E-state index contributed by atoms with van der Waals surface area (Å²) in [6.45, 7) is 8.38. The number of aromatic nitrogens is 1. The number of pyridine rings is 1. The summed E-state index contributed by atoms with van der Waals surface area (Å²) in [6, 6.07) is 1.60. The number of anilines is 1. The zero-order valence-corrected chi connectivity index (χ0v) is 15.3. The Kier molecular flexibility index (Phi) is 5.10. The van der Waals surface area contributed by atoms with Gasteiger partial charge in [0, 0.05) is 25.4 Å². The van der Waals surface area contributed by atoms with Crippen molar-refractivity contribution in [1.29, 1.82) is 0 Å². The minimum atomic E-state index is -1.06. The summed E-state index contributed by atoms with van der Waals surface area (Å²) >= 11 is 0. The smallest absolute Gasteiger partial charge is 0.408 e. The van der Waals surface area contributed by atoms with E-state index in [0.29, 0.717) is 31.1 Å². The van der Waals surface area contributed by atoms with Crippen molar-refractivity contribution in [1.82, 2.24) is 10.3 Å². The highest BCUT2D eigenvalue weighted by molar-refractivity contribution is 5.94. The molecule has 2 heterocycles. The predicted molar refractivity (Wildman–Crippen MR) is 92.4 cm³/mol. The minimum absolute atomic E-state index is 0.0994. The fourth-order valence-corrected chi connectivity index (χ4v) is 2.78. The molecule has 1 fully saturated rings. The molecule has 0 aliphatic carbocycles. The normalized spacial score (nSPS) is 20.3. The van der Waals surface area contributed by atoms with Crippen LogP contribution < -0.4 is 15.0 Å². The van der Waals surface area contributed by atoms with Crippen molar-refractivity contribution >= 4 is 17.7 Å². The fourth-order valence-electron chi connectivity index (χ4n) is 2.78. The molecule has 1 aromatic rings. The van der Waals surface area contributed by atoms with Gasteiger partial charge in [0.2, 0.25) is 5.88 Å². The van der Waals surface area contributed by atoms with Crippen LogP contribution in [0.4, 0.5) is 10.5 Å². The molecule has 1 aliphatic heterocycles. The Balaban J connectivity index is 2.17. The maximum Gasteiger partial charge on any atom is 0.408 e. The first-order chi connectivity index (χ1) is 11.5. The molecular weight excluding hydrogens is 326 g/mol. The summed E-state index contributed by atoms with van der Waals surface area (Å²) < 4.78 is 10.4. The van der Waals surface area contributed by atoms with Crippen molar-refractivity contribution in [3.05, 3.63) is 17.8 Å². The lowest BCUT2D eigenvalue weighted by molar-refractivity contribution is 0.0472. The summed E-state index contributed by atoms with van der Waals surface area (Å²) in [5.41, 5.74) is -0.473. The summed E-state index contributed by atoms with van der Waals surface area (Å²) in [7, 11) is 1.48. The van der Waals surface area contributed by atoms with E-state index in [-0.39, 0.29) is 5.56 Å². The van der Waals surface area contributed by atoms with Crippen LogP contribution >= 0.6 is 0 Å². The Morgan fingerprint density at radius 1 is 1.40 bits per heavy atom. The molecule has 0 spiro atoms. The summed E-state index contributed by atoms with van der Waals surface area (Å²) in [6.07, 6.45) is 1.46. The number of carbonyl (C=O) groups excluding carboxylic acids is 1. The molecule has 8 heteroatoms. The lowest BCUT2D eigenvalue weighted by Crippen LogP contribution is -2.49. The Morgan fingerprint density at radius 2 is 2.08 bits per heavy atom. The average molecular weight is 351 g/mol. The van der Waals surface area contributed by atoms with E-state index in [1.54, 1.807) is 26.8 Å². The van der Waals surface area contributed by atoms with Gasteiger partial charge in [0.25, 0.3) is 0 Å². The standard InChI is InChI=1S/C17H25N3O5/c1-16(2,3)25-15(23)19-17(4)6-7-20(10-17)12-8-13(24-5)18-9-11(12)14(21)22/h8-9H,6-7,10H2,1-5H3,(H,19,23)(H,21,22)/t17-/m0/s1. The summed E-state index contributed by atoms with van der Waals surface area (Å²) in [5.74, 6) is -0.715. The summed E-state index contributed by atoms with van der Waals surface area (Å²) in [4.78, 5) is 29.4. The Labute approximate surface area is 147 Å². The number of rotatable bonds is 4. The largest absolute Gasteiger partial charge is 0.481 e. The van der Waals surface area contributed by atoms with E-state index in [1.807, 2.05) is 11.8 Å². The van der Waals surface area contributed by atoms with Crippen LogP contribution in [0.25, 0.3) is 0 Å². The van der Waals surface area contributed by atoms with Gasteiger partial charge in [-0.05, 0) is 34.1 Å². The lowest BCUT2D eigenvalue weighted by Gasteiger charge is -2.29. The third kappa shape index (κ3) is 4.74. The number of carboxylic acids is 1. The SMILES string of the molecule is COc1cc(N2CC[C@](C)(NC(=O)OC(C)(C)C)C2)c(C(=O)O)cn1. The predicted octanol–water partition coefficient (Wildman–Crippen LogP) is 2.28. The molecule has 1 aromatic heterocycles. The maximum absolute atomic E-state index is 12.1. The quantitative estimate of drug-likeness (QED) is 0.858. The highest BCUT2D eigenvalue weighted by Gasteiger charge is 2.37. The minimum Gasteiger partial charge on any atom is -0.481 e. The Bertz CT molecular complexity index is 671. The van der Waals surface area contributed by atoms with E-state index in [1.165, 1.54) is 13.3 Å². The van der Waals surface area contributed by atoms with Crippen LogP contribution in [-0.2, 0) is 4.74 Å². The second kappa shape index (κ2) is 6.78. The number of nitrogens with zero attached hydrogens (tertiary/aromatic N) is 2. The van der Waals surface area contributed by atoms with Crippen LogP contribution in [0.15, 0.2) is 12.3 Å². The summed E-state index contributed by atoms with van der Waals surface area (Å²) in [5, 5.41) is 12.3. The van der Waals surface area contributed by atoms with Crippen LogP contribution in [0, 0.1) is 0 Å². The van der Waals surface area contributed by atoms with Crippen LogP contribution in [0.3, 0.4) is 0 Å². The van der Waals surface area contributed by atoms with Gasteiger partial charge in [-0.2, -0.15) is 0 Å². The third-order valence-corrected chi connectivity index (χ3v) is 3.91. The zero-order valence-electron chi connectivity index (χ0n) is 15.3. The molecule has 138 valence electrons. The van der Waals surface area contributed by atoms with E-state index in [2.05, 4.69) is 10.3 Å². The molecule has 8 nitrogen and oxygen atoms in total. The number of methoxy groups -OCH3 is 1. The first-order valence-corrected chi connectivity index (χ1v) is 8.06. The van der Waals surface area contributed by atoms with Crippen molar-refractivity contribution in [3.63, 3.8) is 0 Å². The highest BCUT2D eigenvalue weighted by Crippen LogP contribution is 2.31. The first kappa shape index (κ1) is 18.8. The number of amides is 1. The maximum atomic E-state index is 12.1. The van der Waals surface area contributed by atoms with Gasteiger partial charge >= 0.3 is 12.1 Å². The average Bonchev–Trinajstić information content (AvgIpc) is 2.86. The highest BCUT2D eigenvalue weighted by atomic mass is 16.6. The van der Waals surface area contributed by atoms with Gasteiger partial charge in [0.15, 0.2) is 0 Å². The van der Waals surface area contributed by atoms with Crippen LogP contribution in [-0.4, -0.2) is 53.5 Å². The number of hydrogen-bond acceptors (Lipinski definition) is 6. The second-order valence-electron chi connectivity index (χ2n) is 7.41. The van der Waals surface area contributed by atoms with Crippen molar-refractivity contribution in [2.45, 2.75) is 45.3 Å². The second-order valence-corrected chi connectivity index (χ2v) is 7.41. The van der Waals surface area contributed by atoms with Gasteiger partial charge < -0.3 is 24.8 Å². The molecule has 0 unspecified atom stereocenters. The topological polar surface area (TPSA) is 101 Å². The third-order valence-electron chi connectivity index (χ3n) is 3.91. The number of aromatic carboxylic acids is 1. The molecule has 1 atom stereocenters. The fraction of sp³-hybridized carbons (Fsp3) is 0.588. The van der Waals surface area contributed by atoms with E-state index in [9.17, 15) is 14.7 Å². The molecule has 1 amide bonds. The Morgan fingerprint density at radius 3 is 2.64 bits per heavy atom. The molecule has 0 radical (unpaired) electrons. The molecular formula is C17H25N3O5. The van der Waals surface area contributed by atoms with E-state index in [4.69, 9.17) is 9.47 Å². The molecule has 25 heavy (non-hydrogen) atoms. The van der Waals surface area contributed by atoms with Gasteiger partial charge in [0.05, 0.1) is 18.3 Å². The number of ether oxygens (including phenoxy) is 2. The Hall–Kier alpha value is -2.51. The zero-order chi connectivity index (χ0) is 18.8. The van der Waals surface area contributed by atoms with Crippen molar-refractivity contribution < 1.29 is 24.2 Å². The van der Waals surface area contributed by atoms with Gasteiger partial charge in [-0.3, -0.25) is 0 Å². The molecule has 0 saturated carbocycles. The van der Waals surface area contributed by atoms with Gasteiger partial charge in [-0.15, -0.1) is 0 Å². The molecule has 0 aromatic carbocycles. The monoisotopic (exact) mass is 351 g/mol. The van der Waals surface area contributed by atoms with Gasteiger partial charge in [-0.1, -0.05) is 0 Å². The lowest BCUT2D eigenvalue weighted by atomic mass is 10.0. The van der Waals surface area contributed by atoms with E-state index in [0.717, 1.165) is 0 Å². The number of carboxylic acid groups (broad SMARTS) is 1. The molecule has 2 rings (SSSR count). The molecule has 0 bridgehead atoms. The van der Waals surface area contributed by atoms with Crippen molar-refractivity contribution in [3.8, 4) is 5.88 Å². The number of alkyl carbamates (subject to hydrolysis) is 1. The van der Waals surface area contributed by atoms with Crippen molar-refractivity contribution in [2.24, 2.45) is 0 Å². The van der Waals surface area contributed by atoms with Crippen molar-refractivity contribution in [2.75, 3.05) is 25.1 Å². The number of hydrogen-bond donors (Lipinski definition) is 2. The van der Waals surface area contributed by atoms with E-state index >= 15 is 0 Å². The number of nitrogens with one attached hydrogen (secondary N) is 1. The molecule has 1 saturated heterocycles. The number of carbonyl (C=O) groups is 2. The van der Waals surface area contributed by atoms with Gasteiger partial charge in [0.1, 0.15) is 11.2 Å². The van der Waals surface area contributed by atoms with Crippen LogP contribution in [0.2, 0.25) is 0 Å². The van der Waals surface area contributed by atoms with E-state index < -0.39 is 23.2 Å². The first-order valence-electron chi connectivity index (χ1n) is 8.06. The van der Waals surface area contributed by atoms with Gasteiger partial charge in [-0.25, -0.2) is 14.6 Å². The van der Waals surface area contributed by atoms with Crippen LogP contribution in [0.1, 0.15) is 44.5 Å². The molecule has 2 N–H and O–H groups in total. The molecule has 1 aliphatic rings. The van der Waals surface area contributed by atoms with Crippen LogP contribution in [0.5, 0.6) is 5.88 Å².